The molecule has 1 aromatic rings. The lowest BCUT2D eigenvalue weighted by Crippen LogP contribution is -2.56. The lowest BCUT2D eigenvalue weighted by atomic mass is 10.1. The van der Waals surface area contributed by atoms with E-state index in [9.17, 15) is 13.2 Å². The van der Waals surface area contributed by atoms with Crippen LogP contribution in [-0.4, -0.2) is 70.6 Å². The molecule has 0 aromatic carbocycles. The third-order valence-corrected chi connectivity index (χ3v) is 6.24. The fourth-order valence-corrected chi connectivity index (χ4v) is 4.97. The molecule has 8 nitrogen and oxygen atoms in total. The topological polar surface area (TPSA) is 107 Å². The molecule has 2 saturated heterocycles. The Hall–Kier alpha value is -1.45. The quantitative estimate of drug-likeness (QED) is 0.811. The molecule has 0 saturated carbocycles. The first-order valence-electron chi connectivity index (χ1n) is 6.94. The summed E-state index contributed by atoms with van der Waals surface area (Å²) in [5.74, 6) is -1.30. The largest absolute Gasteiger partial charge is 0.478 e. The number of nitrogens with zero attached hydrogens (tertiary/aromatic N) is 3. The van der Waals surface area contributed by atoms with Gasteiger partial charge in [-0.2, -0.15) is 9.40 Å². The van der Waals surface area contributed by atoms with E-state index in [0.717, 1.165) is 25.6 Å². The number of fused-ring (bicyclic) bond motifs is 1. The number of hydrogen-bond donors (Lipinski definition) is 2. The summed E-state index contributed by atoms with van der Waals surface area (Å²) in [7, 11) is -3.87. The van der Waals surface area contributed by atoms with Crippen molar-refractivity contribution in [1.29, 1.82) is 0 Å². The number of sulfonamides is 1. The van der Waals surface area contributed by atoms with Crippen molar-refractivity contribution in [2.45, 2.75) is 36.9 Å². The Bertz CT molecular complexity index is 656. The van der Waals surface area contributed by atoms with Gasteiger partial charge in [0.1, 0.15) is 5.56 Å². The highest BCUT2D eigenvalue weighted by Gasteiger charge is 2.42. The number of carbonyl (C=O) groups is 1. The normalized spacial score (nSPS) is 27.7. The second-order valence-corrected chi connectivity index (χ2v) is 7.46. The Balaban J connectivity index is 1.94. The molecule has 2 aliphatic rings. The molecule has 2 fully saturated rings. The molecule has 2 N–H and O–H groups in total. The number of aromatic carboxylic acids is 1. The molecule has 2 unspecified atom stereocenters. The summed E-state index contributed by atoms with van der Waals surface area (Å²) in [4.78, 5) is 13.4. The van der Waals surface area contributed by atoms with E-state index in [2.05, 4.69) is 15.1 Å². The van der Waals surface area contributed by atoms with Crippen molar-refractivity contribution in [3.8, 4) is 0 Å². The van der Waals surface area contributed by atoms with Crippen LogP contribution >= 0.6 is 0 Å². The van der Waals surface area contributed by atoms with Crippen molar-refractivity contribution in [2.24, 2.45) is 0 Å². The number of aromatic nitrogens is 2. The summed E-state index contributed by atoms with van der Waals surface area (Å²) in [5.41, 5.74) is -0.309. The average Bonchev–Trinajstić information content (AvgIpc) is 3.05. The molecule has 0 bridgehead atoms. The predicted octanol–water partition coefficient (Wildman–Crippen LogP) is -0.0349. The molecule has 0 spiro atoms. The average molecular weight is 314 g/mol. The summed E-state index contributed by atoms with van der Waals surface area (Å²) in [5, 5.41) is 14.7. The summed E-state index contributed by atoms with van der Waals surface area (Å²) >= 11 is 0. The summed E-state index contributed by atoms with van der Waals surface area (Å²) in [6.07, 6.45) is 3.09. The molecule has 0 aliphatic carbocycles. The molecule has 9 heteroatoms. The third kappa shape index (κ3) is 2.34. The van der Waals surface area contributed by atoms with E-state index in [1.807, 2.05) is 6.92 Å². The van der Waals surface area contributed by atoms with E-state index in [0.29, 0.717) is 13.1 Å². The van der Waals surface area contributed by atoms with Crippen LogP contribution < -0.4 is 0 Å². The molecule has 2 aliphatic heterocycles. The van der Waals surface area contributed by atoms with Crippen molar-refractivity contribution >= 4 is 16.0 Å². The summed E-state index contributed by atoms with van der Waals surface area (Å²) in [6.45, 7) is 3.94. The summed E-state index contributed by atoms with van der Waals surface area (Å²) in [6, 6.07) is 0.0430. The van der Waals surface area contributed by atoms with Gasteiger partial charge in [0, 0.05) is 25.2 Å². The Morgan fingerprint density at radius 2 is 2.24 bits per heavy atom. The molecule has 2 atom stereocenters. The first-order valence-corrected chi connectivity index (χ1v) is 8.38. The summed E-state index contributed by atoms with van der Waals surface area (Å²) < 4.78 is 26.9. The van der Waals surface area contributed by atoms with Crippen LogP contribution in [0, 0.1) is 0 Å². The Kier molecular flexibility index (Phi) is 3.50. The number of carboxylic acids is 1. The van der Waals surface area contributed by atoms with Gasteiger partial charge in [-0.05, 0) is 26.3 Å². The number of hydrogen-bond acceptors (Lipinski definition) is 5. The van der Waals surface area contributed by atoms with Gasteiger partial charge >= 0.3 is 5.97 Å². The van der Waals surface area contributed by atoms with Crippen LogP contribution in [0.4, 0.5) is 0 Å². The van der Waals surface area contributed by atoms with Gasteiger partial charge in [0.05, 0.1) is 6.20 Å². The van der Waals surface area contributed by atoms with Gasteiger partial charge in [-0.25, -0.2) is 13.2 Å². The van der Waals surface area contributed by atoms with E-state index in [1.54, 1.807) is 0 Å². The molecule has 116 valence electrons. The second kappa shape index (κ2) is 5.08. The molecule has 3 rings (SSSR count). The lowest BCUT2D eigenvalue weighted by molar-refractivity contribution is 0.0691. The molecule has 3 heterocycles. The van der Waals surface area contributed by atoms with Gasteiger partial charge in [-0.3, -0.25) is 10.00 Å². The molecule has 21 heavy (non-hydrogen) atoms. The maximum absolute atomic E-state index is 12.7. The number of aromatic amines is 1. The van der Waals surface area contributed by atoms with Gasteiger partial charge in [0.25, 0.3) is 10.0 Å². The van der Waals surface area contributed by atoms with E-state index in [4.69, 9.17) is 5.11 Å². The Labute approximate surface area is 122 Å². The van der Waals surface area contributed by atoms with Crippen LogP contribution in [0.5, 0.6) is 0 Å². The highest BCUT2D eigenvalue weighted by Crippen LogP contribution is 2.29. The third-order valence-electron chi connectivity index (χ3n) is 4.28. The Morgan fingerprint density at radius 3 is 2.95 bits per heavy atom. The van der Waals surface area contributed by atoms with Crippen LogP contribution in [-0.2, 0) is 10.0 Å². The van der Waals surface area contributed by atoms with Crippen LogP contribution in [0.15, 0.2) is 11.2 Å². The van der Waals surface area contributed by atoms with Gasteiger partial charge in [-0.1, -0.05) is 0 Å². The van der Waals surface area contributed by atoms with Crippen LogP contribution in [0.2, 0.25) is 0 Å². The molecular weight excluding hydrogens is 296 g/mol. The fourth-order valence-electron chi connectivity index (χ4n) is 3.24. The van der Waals surface area contributed by atoms with E-state index in [-0.39, 0.29) is 22.7 Å². The zero-order valence-corrected chi connectivity index (χ0v) is 12.5. The number of piperazine rings is 1. The number of nitrogens with one attached hydrogen (secondary N) is 1. The van der Waals surface area contributed by atoms with E-state index < -0.39 is 16.0 Å². The first kappa shape index (κ1) is 14.5. The molecule has 1 aromatic heterocycles. The SMILES string of the molecule is CC1CN2CCCC2CN1S(=O)(=O)c1[nH]ncc1C(=O)O. The van der Waals surface area contributed by atoms with Crippen LogP contribution in [0.1, 0.15) is 30.1 Å². The van der Waals surface area contributed by atoms with Crippen molar-refractivity contribution in [3.63, 3.8) is 0 Å². The minimum Gasteiger partial charge on any atom is -0.478 e. The van der Waals surface area contributed by atoms with Gasteiger partial charge in [0.2, 0.25) is 0 Å². The number of rotatable bonds is 3. The number of carboxylic acid groups (broad SMARTS) is 1. The zero-order valence-electron chi connectivity index (χ0n) is 11.7. The minimum absolute atomic E-state index is 0.186. The molecule has 0 radical (unpaired) electrons. The van der Waals surface area contributed by atoms with Gasteiger partial charge < -0.3 is 5.11 Å². The minimum atomic E-state index is -3.87. The first-order chi connectivity index (χ1) is 9.91. The van der Waals surface area contributed by atoms with Crippen molar-refractivity contribution in [2.75, 3.05) is 19.6 Å². The lowest BCUT2D eigenvalue weighted by Gasteiger charge is -2.41. The van der Waals surface area contributed by atoms with Crippen molar-refractivity contribution in [1.82, 2.24) is 19.4 Å². The monoisotopic (exact) mass is 314 g/mol. The standard InChI is InChI=1S/C12H18N4O4S/c1-8-6-15-4-2-3-9(15)7-16(8)21(19,20)11-10(12(17)18)5-13-14-11/h5,8-9H,2-4,6-7H2,1H3,(H,13,14)(H,17,18). The van der Waals surface area contributed by atoms with Crippen LogP contribution in [0.3, 0.4) is 0 Å². The van der Waals surface area contributed by atoms with Gasteiger partial charge in [0.15, 0.2) is 5.03 Å². The van der Waals surface area contributed by atoms with Gasteiger partial charge in [-0.15, -0.1) is 0 Å². The maximum atomic E-state index is 12.7. The highest BCUT2D eigenvalue weighted by molar-refractivity contribution is 7.89. The highest BCUT2D eigenvalue weighted by atomic mass is 32.2. The van der Waals surface area contributed by atoms with Crippen molar-refractivity contribution in [3.05, 3.63) is 11.8 Å². The zero-order chi connectivity index (χ0) is 15.2. The smallest absolute Gasteiger partial charge is 0.340 e. The van der Waals surface area contributed by atoms with E-state index >= 15 is 0 Å². The molecule has 0 amide bonds. The Morgan fingerprint density at radius 1 is 1.48 bits per heavy atom. The van der Waals surface area contributed by atoms with Crippen molar-refractivity contribution < 1.29 is 18.3 Å². The fraction of sp³-hybridized carbons (Fsp3) is 0.667. The number of H-pyrrole nitrogens is 1. The maximum Gasteiger partial charge on any atom is 0.340 e. The second-order valence-electron chi connectivity index (χ2n) is 5.63. The molecular formula is C12H18N4O4S. The van der Waals surface area contributed by atoms with E-state index in [1.165, 1.54) is 4.31 Å². The predicted molar refractivity (Wildman–Crippen MR) is 73.5 cm³/mol. The van der Waals surface area contributed by atoms with Crippen LogP contribution in [0.25, 0.3) is 0 Å².